The molecule has 7 heteroatoms. The average Bonchev–Trinajstić information content (AvgIpc) is 3.19. The van der Waals surface area contributed by atoms with Crippen LogP contribution < -0.4 is 16.4 Å². The third kappa shape index (κ3) is 3.58. The second-order valence-electron chi connectivity index (χ2n) is 7.82. The number of fused-ring (bicyclic) bond motifs is 2. The van der Waals surface area contributed by atoms with E-state index in [1.165, 1.54) is 0 Å². The molecular weight excluding hydrogens is 412 g/mol. The molecule has 4 N–H and O–H groups in total. The van der Waals surface area contributed by atoms with Gasteiger partial charge in [0.2, 0.25) is 0 Å². The lowest BCUT2D eigenvalue weighted by Crippen LogP contribution is -2.29. The van der Waals surface area contributed by atoms with Crippen molar-refractivity contribution in [2.75, 3.05) is 17.6 Å². The first kappa shape index (κ1) is 20.3. The largest absolute Gasteiger partial charge is 0.381 e. The number of anilines is 2. The molecule has 2 aromatic heterocycles. The number of aromatic nitrogens is 3. The minimum Gasteiger partial charge on any atom is -0.381 e. The molecule has 0 spiro atoms. The molecule has 0 radical (unpaired) electrons. The fraction of sp³-hybridized carbons (Fsp3) is 0.115. The summed E-state index contributed by atoms with van der Waals surface area (Å²) in [6.07, 6.45) is 9.41. The molecule has 0 saturated heterocycles. The Bertz CT molecular complexity index is 1450. The first-order valence-corrected chi connectivity index (χ1v) is 10.6. The number of nitrogens with two attached hydrogens (primary N) is 1. The van der Waals surface area contributed by atoms with E-state index in [0.29, 0.717) is 17.9 Å². The molecular formula is C26H22N6O. The molecule has 1 atom stereocenters. The zero-order valence-corrected chi connectivity index (χ0v) is 18.0. The number of hydrogen-bond acceptors (Lipinski definition) is 5. The van der Waals surface area contributed by atoms with Gasteiger partial charge in [0, 0.05) is 29.3 Å². The van der Waals surface area contributed by atoms with E-state index < -0.39 is 6.04 Å². The first-order valence-electron chi connectivity index (χ1n) is 10.6. The average molecular weight is 435 g/mol. The Morgan fingerprint density at radius 1 is 1.24 bits per heavy atom. The highest BCUT2D eigenvalue weighted by atomic mass is 16.1. The topological polar surface area (TPSA) is 97.9 Å². The van der Waals surface area contributed by atoms with Crippen LogP contribution in [0.1, 0.15) is 34.6 Å². The smallest absolute Gasteiger partial charge is 0.259 e. The van der Waals surface area contributed by atoms with Crippen LogP contribution in [0.25, 0.3) is 28.2 Å². The summed E-state index contributed by atoms with van der Waals surface area (Å²) in [4.78, 5) is 18.1. The summed E-state index contributed by atoms with van der Waals surface area (Å²) >= 11 is 0. The van der Waals surface area contributed by atoms with Crippen LogP contribution in [0.5, 0.6) is 0 Å². The number of hydrogen-bond donors (Lipinski definition) is 3. The fourth-order valence-electron chi connectivity index (χ4n) is 4.11. The molecule has 5 rings (SSSR count). The maximum absolute atomic E-state index is 13.2. The highest BCUT2D eigenvalue weighted by Crippen LogP contribution is 2.32. The molecule has 3 heterocycles. The van der Waals surface area contributed by atoms with Crippen molar-refractivity contribution < 1.29 is 4.79 Å². The molecule has 7 nitrogen and oxygen atoms in total. The lowest BCUT2D eigenvalue weighted by Gasteiger charge is -2.19. The van der Waals surface area contributed by atoms with E-state index in [1.54, 1.807) is 10.9 Å². The molecule has 33 heavy (non-hydrogen) atoms. The van der Waals surface area contributed by atoms with Crippen molar-refractivity contribution in [3.63, 3.8) is 0 Å². The predicted molar refractivity (Wildman–Crippen MR) is 131 cm³/mol. The monoisotopic (exact) mass is 434 g/mol. The number of nitrogens with zero attached hydrogens (tertiary/aromatic N) is 3. The Morgan fingerprint density at radius 2 is 2.06 bits per heavy atom. The van der Waals surface area contributed by atoms with Gasteiger partial charge in [0.15, 0.2) is 5.82 Å². The van der Waals surface area contributed by atoms with Gasteiger partial charge in [0.05, 0.1) is 17.3 Å². The van der Waals surface area contributed by atoms with E-state index in [0.717, 1.165) is 33.3 Å². The summed E-state index contributed by atoms with van der Waals surface area (Å²) in [6.45, 7) is 2.51. The van der Waals surface area contributed by atoms with Crippen molar-refractivity contribution in [2.45, 2.75) is 13.0 Å². The molecule has 0 bridgehead atoms. The van der Waals surface area contributed by atoms with E-state index in [1.807, 2.05) is 67.6 Å². The Morgan fingerprint density at radius 3 is 2.85 bits per heavy atom. The van der Waals surface area contributed by atoms with Gasteiger partial charge < -0.3 is 16.4 Å². The van der Waals surface area contributed by atoms with Gasteiger partial charge in [0.25, 0.3) is 5.91 Å². The standard InChI is InChI=1S/C26H22N6O/c1-3-17-11-7-12-21-19(17)15-20(18-9-5-4-6-10-18)23(30-21)16(2)29-26(33)22-24(27)31-32-14-8-13-28-25(22)32/h1,4-12,14-16,28H,13H2,2H3,(H2,27,31)(H,29,33). The summed E-state index contributed by atoms with van der Waals surface area (Å²) in [5.41, 5.74) is 10.6. The van der Waals surface area contributed by atoms with Crippen molar-refractivity contribution >= 4 is 34.6 Å². The van der Waals surface area contributed by atoms with Gasteiger partial charge in [-0.05, 0) is 36.8 Å². The highest BCUT2D eigenvalue weighted by molar-refractivity contribution is 6.04. The van der Waals surface area contributed by atoms with Gasteiger partial charge in [-0.15, -0.1) is 11.5 Å². The summed E-state index contributed by atoms with van der Waals surface area (Å²) in [6, 6.07) is 17.3. The third-order valence-electron chi connectivity index (χ3n) is 5.69. The summed E-state index contributed by atoms with van der Waals surface area (Å²) in [7, 11) is 0. The van der Waals surface area contributed by atoms with Crippen molar-refractivity contribution in [3.05, 3.63) is 77.5 Å². The lowest BCUT2D eigenvalue weighted by molar-refractivity contribution is 0.0941. The van der Waals surface area contributed by atoms with Crippen LogP contribution >= 0.6 is 0 Å². The molecule has 1 aliphatic heterocycles. The number of carbonyl (C=O) groups is 1. The van der Waals surface area contributed by atoms with Crippen molar-refractivity contribution in [3.8, 4) is 23.5 Å². The molecule has 1 unspecified atom stereocenters. The first-order chi connectivity index (χ1) is 16.1. The van der Waals surface area contributed by atoms with Crippen LogP contribution in [-0.4, -0.2) is 27.2 Å². The Kier molecular flexibility index (Phi) is 5.04. The highest BCUT2D eigenvalue weighted by Gasteiger charge is 2.25. The van der Waals surface area contributed by atoms with Crippen molar-refractivity contribution in [1.29, 1.82) is 0 Å². The summed E-state index contributed by atoms with van der Waals surface area (Å²) < 4.78 is 1.57. The molecule has 1 aliphatic rings. The van der Waals surface area contributed by atoms with E-state index >= 15 is 0 Å². The van der Waals surface area contributed by atoms with Gasteiger partial charge in [-0.1, -0.05) is 42.3 Å². The Balaban J connectivity index is 1.58. The summed E-state index contributed by atoms with van der Waals surface area (Å²) in [5.74, 6) is 3.17. The van der Waals surface area contributed by atoms with Gasteiger partial charge >= 0.3 is 0 Å². The van der Waals surface area contributed by atoms with Gasteiger partial charge in [-0.25, -0.2) is 9.67 Å². The van der Waals surface area contributed by atoms with Crippen LogP contribution in [0.4, 0.5) is 11.6 Å². The van der Waals surface area contributed by atoms with Crippen LogP contribution in [0, 0.1) is 12.3 Å². The molecule has 1 amide bonds. The number of pyridine rings is 1. The number of terminal acetylenes is 1. The Labute approximate surface area is 191 Å². The minimum absolute atomic E-state index is 0.169. The third-order valence-corrected chi connectivity index (χ3v) is 5.69. The zero-order valence-electron chi connectivity index (χ0n) is 18.0. The predicted octanol–water partition coefficient (Wildman–Crippen LogP) is 4.05. The molecule has 0 aliphatic carbocycles. The maximum Gasteiger partial charge on any atom is 0.259 e. The van der Waals surface area contributed by atoms with E-state index in [2.05, 4.69) is 21.7 Å². The molecule has 4 aromatic rings. The molecule has 0 saturated carbocycles. The van der Waals surface area contributed by atoms with Crippen LogP contribution in [0.3, 0.4) is 0 Å². The number of nitrogens with one attached hydrogen (secondary N) is 2. The van der Waals surface area contributed by atoms with Gasteiger partial charge in [-0.2, -0.15) is 0 Å². The van der Waals surface area contributed by atoms with Gasteiger partial charge in [-0.3, -0.25) is 4.79 Å². The number of carbonyl (C=O) groups excluding carboxylic acids is 1. The number of rotatable bonds is 4. The molecule has 0 fully saturated rings. The molecule has 2 aromatic carbocycles. The molecule has 162 valence electrons. The van der Waals surface area contributed by atoms with Crippen LogP contribution in [-0.2, 0) is 0 Å². The zero-order chi connectivity index (χ0) is 22.9. The van der Waals surface area contributed by atoms with Gasteiger partial charge in [0.1, 0.15) is 11.4 Å². The van der Waals surface area contributed by atoms with E-state index in [9.17, 15) is 4.79 Å². The normalized spacial score (nSPS) is 13.1. The number of nitrogen functional groups attached to an aromatic ring is 1. The van der Waals surface area contributed by atoms with Crippen molar-refractivity contribution in [2.24, 2.45) is 0 Å². The lowest BCUT2D eigenvalue weighted by atomic mass is 9.96. The SMILES string of the molecule is C#Cc1cccc2nc(C(C)NC(=O)c3c(N)nn4c3NCC=C4)c(-c3ccccc3)cc12. The second kappa shape index (κ2) is 8.17. The summed E-state index contributed by atoms with van der Waals surface area (Å²) in [5, 5.41) is 11.3. The number of benzene rings is 2. The van der Waals surface area contributed by atoms with E-state index in [4.69, 9.17) is 17.1 Å². The number of amides is 1. The van der Waals surface area contributed by atoms with Crippen LogP contribution in [0.2, 0.25) is 0 Å². The van der Waals surface area contributed by atoms with Crippen molar-refractivity contribution in [1.82, 2.24) is 20.1 Å². The fourth-order valence-corrected chi connectivity index (χ4v) is 4.11. The van der Waals surface area contributed by atoms with E-state index in [-0.39, 0.29) is 11.7 Å². The van der Waals surface area contributed by atoms with Crippen LogP contribution in [0.15, 0.2) is 60.7 Å². The quantitative estimate of drug-likeness (QED) is 0.421. The maximum atomic E-state index is 13.2. The minimum atomic E-state index is -0.402. The second-order valence-corrected chi connectivity index (χ2v) is 7.82. The Hall–Kier alpha value is -4.57.